The zero-order valence-corrected chi connectivity index (χ0v) is 50.2. The van der Waals surface area contributed by atoms with Crippen molar-refractivity contribution in [2.75, 3.05) is 59.7 Å². The van der Waals surface area contributed by atoms with E-state index in [2.05, 4.69) is 46.7 Å². The zero-order chi connectivity index (χ0) is 63.4. The summed E-state index contributed by atoms with van der Waals surface area (Å²) in [7, 11) is 0. The lowest BCUT2D eigenvalue weighted by Gasteiger charge is -2.36. The number of para-hydroxylation sites is 2. The minimum atomic E-state index is -1.19. The monoisotopic (exact) mass is 1250 g/mol. The molecule has 28 heteroatoms. The van der Waals surface area contributed by atoms with E-state index < -0.39 is 58.9 Å². The number of halogens is 2. The fourth-order valence-corrected chi connectivity index (χ4v) is 11.5. The summed E-state index contributed by atoms with van der Waals surface area (Å²) in [4.78, 5) is 98.9. The van der Waals surface area contributed by atoms with Crippen molar-refractivity contribution in [2.45, 2.75) is 77.2 Å². The highest BCUT2D eigenvalue weighted by atomic mass is 32.1. The van der Waals surface area contributed by atoms with Crippen molar-refractivity contribution in [1.29, 1.82) is 0 Å². The van der Waals surface area contributed by atoms with Crippen LogP contribution < -0.4 is 42.1 Å². The highest BCUT2D eigenvalue weighted by Crippen LogP contribution is 2.35. The average molecular weight is 1260 g/mol. The summed E-state index contributed by atoms with van der Waals surface area (Å²) in [5, 5.41) is 45.4. The molecule has 2 atom stereocenters. The number of ether oxygens (including phenoxy) is 1. The lowest BCUT2D eigenvalue weighted by atomic mass is 10.0. The zero-order valence-electron chi connectivity index (χ0n) is 48.6. The van der Waals surface area contributed by atoms with Gasteiger partial charge in [0.2, 0.25) is 0 Å². The maximum Gasteiger partial charge on any atom is 0.407 e. The van der Waals surface area contributed by atoms with Crippen molar-refractivity contribution < 1.29 is 57.3 Å². The van der Waals surface area contributed by atoms with E-state index in [0.29, 0.717) is 84.6 Å². The molecule has 89 heavy (non-hydrogen) atoms. The van der Waals surface area contributed by atoms with Crippen molar-refractivity contribution in [1.82, 2.24) is 45.5 Å². The van der Waals surface area contributed by atoms with E-state index in [4.69, 9.17) is 10.5 Å². The Morgan fingerprint density at radius 3 is 1.52 bits per heavy atom. The number of amides is 5. The van der Waals surface area contributed by atoms with E-state index >= 15 is 4.39 Å². The van der Waals surface area contributed by atoms with Crippen LogP contribution in [0.3, 0.4) is 0 Å². The van der Waals surface area contributed by atoms with Gasteiger partial charge in [-0.2, -0.15) is 10.2 Å². The molecule has 2 fully saturated rings. The first-order valence-corrected chi connectivity index (χ1v) is 30.1. The van der Waals surface area contributed by atoms with Crippen LogP contribution in [0, 0.1) is 11.6 Å². The molecule has 4 aromatic carbocycles. The first-order chi connectivity index (χ1) is 42.7. The molecule has 0 unspecified atom stereocenters. The number of benzene rings is 4. The number of hydrogen-bond donors (Lipinski definition) is 8. The number of carbonyl (C=O) groups excluding carboxylic acids is 5. The molecule has 0 radical (unpaired) electrons. The SMILES string of the molecule is CC(C)(C)OC(=O)N[C@@H]1CCCN(c2c(F)cccc2NC(=O)c2csc(-c3cnn(CCNC(=O)c4ccccc4C(=O)O)c3)n2)C1.N[C@@H]1CCCN(c2c(F)cccc2NC(=O)c2csc(-c3cnn(CCNC(=O)c4ccccc4C(=O)O)c3)n2)C1. The van der Waals surface area contributed by atoms with E-state index in [1.165, 1.54) is 65.1 Å². The van der Waals surface area contributed by atoms with Crippen molar-refractivity contribution in [3.63, 3.8) is 0 Å². The number of piperidine rings is 2. The van der Waals surface area contributed by atoms with Crippen molar-refractivity contribution in [3.05, 3.63) is 166 Å². The second-order valence-corrected chi connectivity index (χ2v) is 23.4. The summed E-state index contributed by atoms with van der Waals surface area (Å²) < 4.78 is 38.6. The molecule has 8 aromatic rings. The Balaban J connectivity index is 0.000000214. The van der Waals surface area contributed by atoms with Crippen molar-refractivity contribution >= 4 is 87.1 Å². The molecule has 2 aliphatic rings. The van der Waals surface area contributed by atoms with Gasteiger partial charge in [-0.25, -0.2) is 33.1 Å². The second kappa shape index (κ2) is 28.7. The van der Waals surface area contributed by atoms with E-state index in [1.54, 1.807) is 108 Å². The normalized spacial score (nSPS) is 14.8. The lowest BCUT2D eigenvalue weighted by molar-refractivity contribution is 0.0498. The standard InChI is InChI=1S/C33H36FN7O6S.C28H28FN7O4S/c1-33(2,3)47-32(46)37-21-8-7-14-40(18-21)27-24(34)11-6-12-25(27)38-29(43)26-19-48-30(39-26)20-16-36-41(17-20)15-13-35-28(42)22-9-4-5-10-23(22)31(44)45;29-21-8-3-9-22(24(21)35-11-4-5-18(30)15-35)33-26(38)23-16-41-27(34-23)17-13-32-36(14-17)12-10-31-25(37)19-6-1-2-7-20(19)28(39)40/h4-6,9-12,16-17,19,21H,7-8,13-15,18H2,1-3H3,(H,35,42)(H,37,46)(H,38,43)(H,44,45);1-3,6-9,13-14,16,18H,4-5,10-12,15,30H2,(H,31,37)(H,33,38)(H,39,40)/t21-;18-/m11/s1. The number of anilines is 4. The van der Waals surface area contributed by atoms with Gasteiger partial charge in [0.25, 0.3) is 23.6 Å². The van der Waals surface area contributed by atoms with Crippen LogP contribution in [0.25, 0.3) is 21.1 Å². The molecule has 10 rings (SSSR count). The Kier molecular flexibility index (Phi) is 20.5. The first-order valence-electron chi connectivity index (χ1n) is 28.3. The predicted octanol–water partition coefficient (Wildman–Crippen LogP) is 8.47. The summed E-state index contributed by atoms with van der Waals surface area (Å²) in [6.45, 7) is 8.46. The van der Waals surface area contributed by atoms with Crippen LogP contribution >= 0.6 is 22.7 Å². The largest absolute Gasteiger partial charge is 0.478 e. The van der Waals surface area contributed by atoms with E-state index in [9.17, 15) is 48.2 Å². The smallest absolute Gasteiger partial charge is 0.407 e. The van der Waals surface area contributed by atoms with Crippen LogP contribution in [0.15, 0.2) is 120 Å². The Morgan fingerprint density at radius 2 is 1.07 bits per heavy atom. The number of carboxylic acid groups (broad SMARTS) is 2. The maximum atomic E-state index is 15.2. The number of nitrogens with two attached hydrogens (primary N) is 1. The van der Waals surface area contributed by atoms with E-state index in [0.717, 1.165) is 12.8 Å². The summed E-state index contributed by atoms with van der Waals surface area (Å²) in [6, 6.07) is 20.7. The number of nitrogens with one attached hydrogen (secondary N) is 5. The van der Waals surface area contributed by atoms with Crippen LogP contribution in [-0.4, -0.2) is 138 Å². The highest BCUT2D eigenvalue weighted by molar-refractivity contribution is 7.13. The van der Waals surface area contributed by atoms with Gasteiger partial charge in [0.15, 0.2) is 0 Å². The molecule has 0 spiro atoms. The minimum absolute atomic E-state index is 0.0566. The molecule has 464 valence electrons. The number of thiazole rings is 2. The molecule has 0 saturated carbocycles. The molecule has 5 amide bonds. The number of rotatable bonds is 19. The molecule has 2 aliphatic heterocycles. The van der Waals surface area contributed by atoms with Gasteiger partial charge in [-0.15, -0.1) is 22.7 Å². The molecule has 0 bridgehead atoms. The van der Waals surface area contributed by atoms with Gasteiger partial charge in [0.05, 0.1) is 70.5 Å². The molecule has 24 nitrogen and oxygen atoms in total. The summed E-state index contributed by atoms with van der Waals surface area (Å²) in [6.07, 6.45) is 9.25. The van der Waals surface area contributed by atoms with Crippen LogP contribution in [-0.2, 0) is 17.8 Å². The third-order valence-corrected chi connectivity index (χ3v) is 15.8. The fraction of sp³-hybridized carbons (Fsp3) is 0.295. The minimum Gasteiger partial charge on any atom is -0.478 e. The first kappa shape index (κ1) is 63.6. The summed E-state index contributed by atoms with van der Waals surface area (Å²) in [5.74, 6) is -5.25. The molecular weight excluding hydrogens is 1190 g/mol. The number of hydrogen-bond acceptors (Lipinski definition) is 17. The Bertz CT molecular complexity index is 3900. The Labute approximate surface area is 517 Å². The number of carbonyl (C=O) groups is 7. The highest BCUT2D eigenvalue weighted by Gasteiger charge is 2.29. The molecule has 0 aliphatic carbocycles. The van der Waals surface area contributed by atoms with Crippen LogP contribution in [0.2, 0.25) is 0 Å². The third kappa shape index (κ3) is 16.6. The van der Waals surface area contributed by atoms with Crippen molar-refractivity contribution in [3.8, 4) is 21.1 Å². The van der Waals surface area contributed by atoms with Gasteiger partial charge in [0.1, 0.15) is 38.6 Å². The number of aromatic carboxylic acids is 2. The fourth-order valence-electron chi connectivity index (χ4n) is 9.94. The van der Waals surface area contributed by atoms with Crippen LogP contribution in [0.4, 0.5) is 36.3 Å². The van der Waals surface area contributed by atoms with Gasteiger partial charge < -0.3 is 57.1 Å². The molecular formula is C61H64F2N14O10S2. The van der Waals surface area contributed by atoms with Crippen LogP contribution in [0.1, 0.15) is 109 Å². The lowest BCUT2D eigenvalue weighted by Crippen LogP contribution is -2.49. The Morgan fingerprint density at radius 1 is 0.618 bits per heavy atom. The number of nitrogens with zero attached hydrogens (tertiary/aromatic N) is 8. The third-order valence-electron chi connectivity index (χ3n) is 14.0. The van der Waals surface area contributed by atoms with Gasteiger partial charge >= 0.3 is 18.0 Å². The molecule has 2 saturated heterocycles. The number of aromatic nitrogens is 6. The average Bonchev–Trinajstić information content (AvgIpc) is 4.47. The predicted molar refractivity (Wildman–Crippen MR) is 331 cm³/mol. The molecule has 9 N–H and O–H groups in total. The maximum absolute atomic E-state index is 15.2. The second-order valence-electron chi connectivity index (χ2n) is 21.7. The molecule has 6 heterocycles. The Hall–Kier alpha value is -9.93. The number of alkyl carbamates (subject to hydrolysis) is 1. The van der Waals surface area contributed by atoms with E-state index in [-0.39, 0.29) is 70.2 Å². The topological polar surface area (TPSA) is 323 Å². The van der Waals surface area contributed by atoms with Gasteiger partial charge in [0, 0.05) is 85.6 Å². The van der Waals surface area contributed by atoms with Gasteiger partial charge in [-0.1, -0.05) is 36.4 Å². The summed E-state index contributed by atoms with van der Waals surface area (Å²) in [5.41, 5.74) is 8.33. The molecule has 4 aromatic heterocycles. The van der Waals surface area contributed by atoms with Crippen molar-refractivity contribution in [2.24, 2.45) is 5.73 Å². The summed E-state index contributed by atoms with van der Waals surface area (Å²) >= 11 is 2.51. The van der Waals surface area contributed by atoms with Crippen LogP contribution in [0.5, 0.6) is 0 Å². The quantitative estimate of drug-likeness (QED) is 0.0376. The van der Waals surface area contributed by atoms with E-state index in [1.807, 2.05) is 9.80 Å². The van der Waals surface area contributed by atoms with Gasteiger partial charge in [-0.3, -0.25) is 28.5 Å². The van der Waals surface area contributed by atoms with Gasteiger partial charge in [-0.05, 0) is 95.0 Å². The number of carboxylic acids is 2.